The van der Waals surface area contributed by atoms with Gasteiger partial charge in [-0.25, -0.2) is 14.6 Å². The van der Waals surface area contributed by atoms with Crippen molar-refractivity contribution in [3.8, 4) is 28.4 Å². The van der Waals surface area contributed by atoms with Crippen LogP contribution in [0.2, 0.25) is 5.02 Å². The largest absolute Gasteiger partial charge is 0.457 e. The van der Waals surface area contributed by atoms with E-state index in [2.05, 4.69) is 20.4 Å². The van der Waals surface area contributed by atoms with Gasteiger partial charge in [0.1, 0.15) is 11.5 Å². The first-order valence-corrected chi connectivity index (χ1v) is 10.8. The van der Waals surface area contributed by atoms with Crippen molar-refractivity contribution in [1.82, 2.24) is 19.7 Å². The Labute approximate surface area is 196 Å². The molecule has 0 spiro atoms. The molecule has 1 N–H and O–H groups in total. The maximum absolute atomic E-state index is 6.00. The number of ether oxygens (including phenoxy) is 1. The molecule has 0 unspecified atom stereocenters. The highest BCUT2D eigenvalue weighted by Crippen LogP contribution is 2.26. The molecule has 0 fully saturated rings. The molecule has 162 valence electrons. The van der Waals surface area contributed by atoms with Crippen molar-refractivity contribution >= 4 is 23.2 Å². The third-order valence-corrected chi connectivity index (χ3v) is 5.26. The molecule has 0 saturated heterocycles. The van der Waals surface area contributed by atoms with E-state index in [0.29, 0.717) is 11.0 Å². The summed E-state index contributed by atoms with van der Waals surface area (Å²) in [6.45, 7) is 1.96. The molecule has 0 saturated carbocycles. The summed E-state index contributed by atoms with van der Waals surface area (Å²) >= 11 is 6.00. The van der Waals surface area contributed by atoms with Crippen molar-refractivity contribution < 1.29 is 4.74 Å². The predicted molar refractivity (Wildman–Crippen MR) is 131 cm³/mol. The van der Waals surface area contributed by atoms with Crippen LogP contribution in [0.25, 0.3) is 16.9 Å². The number of aromatic nitrogens is 4. The van der Waals surface area contributed by atoms with Gasteiger partial charge in [-0.3, -0.25) is 0 Å². The average molecular weight is 454 g/mol. The molecule has 7 heteroatoms. The molecular weight excluding hydrogens is 434 g/mol. The first-order chi connectivity index (χ1) is 16.1. The van der Waals surface area contributed by atoms with Crippen LogP contribution in [0.5, 0.6) is 11.5 Å². The quantitative estimate of drug-likeness (QED) is 0.305. The number of hydrogen-bond acceptors (Lipinski definition) is 5. The fourth-order valence-electron chi connectivity index (χ4n) is 3.37. The van der Waals surface area contributed by atoms with Gasteiger partial charge in [-0.15, -0.1) is 0 Å². The highest BCUT2D eigenvalue weighted by molar-refractivity contribution is 6.30. The molecule has 0 bridgehead atoms. The summed E-state index contributed by atoms with van der Waals surface area (Å²) in [6, 6.07) is 26.8. The van der Waals surface area contributed by atoms with E-state index < -0.39 is 0 Å². The van der Waals surface area contributed by atoms with E-state index >= 15 is 0 Å². The second kappa shape index (κ2) is 9.14. The molecule has 5 aromatic rings. The molecule has 2 heterocycles. The predicted octanol–water partition coefficient (Wildman–Crippen LogP) is 6.83. The first kappa shape index (κ1) is 20.7. The highest BCUT2D eigenvalue weighted by Gasteiger charge is 2.11. The number of nitrogens with zero attached hydrogens (tertiary/aromatic N) is 4. The van der Waals surface area contributed by atoms with Crippen molar-refractivity contribution in [2.24, 2.45) is 0 Å². The van der Waals surface area contributed by atoms with Crippen LogP contribution in [0.3, 0.4) is 0 Å². The molecule has 33 heavy (non-hydrogen) atoms. The monoisotopic (exact) mass is 453 g/mol. The lowest BCUT2D eigenvalue weighted by atomic mass is 10.2. The van der Waals surface area contributed by atoms with Gasteiger partial charge >= 0.3 is 0 Å². The number of rotatable bonds is 6. The Bertz CT molecular complexity index is 1370. The van der Waals surface area contributed by atoms with Crippen molar-refractivity contribution in [3.63, 3.8) is 0 Å². The zero-order valence-corrected chi connectivity index (χ0v) is 18.6. The maximum Gasteiger partial charge on any atom is 0.227 e. The van der Waals surface area contributed by atoms with Gasteiger partial charge in [-0.2, -0.15) is 5.10 Å². The number of benzene rings is 3. The highest BCUT2D eigenvalue weighted by atomic mass is 35.5. The summed E-state index contributed by atoms with van der Waals surface area (Å²) in [6.07, 6.45) is 3.69. The van der Waals surface area contributed by atoms with Gasteiger partial charge in [0.05, 0.1) is 17.1 Å². The molecule has 2 aromatic heterocycles. The van der Waals surface area contributed by atoms with Crippen molar-refractivity contribution in [2.45, 2.75) is 6.92 Å². The van der Waals surface area contributed by atoms with Gasteiger partial charge in [-0.1, -0.05) is 29.8 Å². The van der Waals surface area contributed by atoms with Crippen molar-refractivity contribution in [3.05, 3.63) is 108 Å². The third kappa shape index (κ3) is 4.86. The first-order valence-electron chi connectivity index (χ1n) is 10.4. The number of hydrogen-bond donors (Lipinski definition) is 1. The minimum absolute atomic E-state index is 0.503. The van der Waals surface area contributed by atoms with Gasteiger partial charge in [0.2, 0.25) is 5.95 Å². The van der Waals surface area contributed by atoms with Crippen LogP contribution < -0.4 is 10.1 Å². The van der Waals surface area contributed by atoms with Crippen LogP contribution in [0.15, 0.2) is 97.3 Å². The van der Waals surface area contributed by atoms with Crippen LogP contribution in [-0.4, -0.2) is 19.7 Å². The summed E-state index contributed by atoms with van der Waals surface area (Å²) in [5.74, 6) is 2.05. The number of aryl methyl sites for hydroxylation is 1. The topological polar surface area (TPSA) is 64.9 Å². The zero-order valence-electron chi connectivity index (χ0n) is 17.8. The SMILES string of the molecule is Cc1nn(-c2ccc(Cl)cc2)cc1-c1ccnc(Nc2ccc(Oc3ccccc3)cc2)n1. The summed E-state index contributed by atoms with van der Waals surface area (Å²) in [5.41, 5.74) is 4.38. The van der Waals surface area contributed by atoms with Crippen molar-refractivity contribution in [1.29, 1.82) is 0 Å². The van der Waals surface area contributed by atoms with Gasteiger partial charge in [0.15, 0.2) is 0 Å². The standard InChI is InChI=1S/C26H20ClN5O/c1-18-24(17-32(31-18)21-11-7-19(27)8-12-21)25-15-16-28-26(30-25)29-20-9-13-23(14-10-20)33-22-5-3-2-4-6-22/h2-17H,1H3,(H,28,29,30). The molecule has 3 aromatic carbocycles. The Kier molecular flexibility index (Phi) is 5.74. The molecule has 0 radical (unpaired) electrons. The summed E-state index contributed by atoms with van der Waals surface area (Å²) in [5, 5.41) is 8.56. The summed E-state index contributed by atoms with van der Waals surface area (Å²) in [4.78, 5) is 9.04. The third-order valence-electron chi connectivity index (χ3n) is 5.01. The lowest BCUT2D eigenvalue weighted by Crippen LogP contribution is -1.98. The Morgan fingerprint density at radius 1 is 0.848 bits per heavy atom. The molecule has 0 aliphatic heterocycles. The zero-order chi connectivity index (χ0) is 22.6. The Morgan fingerprint density at radius 3 is 2.33 bits per heavy atom. The van der Waals surface area contributed by atoms with Gasteiger partial charge in [-0.05, 0) is 73.7 Å². The van der Waals surface area contributed by atoms with Crippen LogP contribution in [0.1, 0.15) is 5.69 Å². The minimum Gasteiger partial charge on any atom is -0.457 e. The molecule has 0 amide bonds. The van der Waals surface area contributed by atoms with E-state index in [9.17, 15) is 0 Å². The number of halogens is 1. The van der Waals surface area contributed by atoms with Crippen LogP contribution in [0, 0.1) is 6.92 Å². The van der Waals surface area contributed by atoms with Gasteiger partial charge in [0, 0.05) is 28.7 Å². The van der Waals surface area contributed by atoms with E-state index in [1.807, 2.05) is 103 Å². The molecule has 0 atom stereocenters. The van der Waals surface area contributed by atoms with Gasteiger partial charge < -0.3 is 10.1 Å². The Hall–Kier alpha value is -4.16. The minimum atomic E-state index is 0.503. The fourth-order valence-corrected chi connectivity index (χ4v) is 3.49. The molecule has 0 aliphatic rings. The van der Waals surface area contributed by atoms with E-state index in [1.54, 1.807) is 6.20 Å². The number of nitrogens with one attached hydrogen (secondary N) is 1. The van der Waals surface area contributed by atoms with Crippen molar-refractivity contribution in [2.75, 3.05) is 5.32 Å². The Balaban J connectivity index is 1.33. The number of anilines is 2. The molecule has 6 nitrogen and oxygen atoms in total. The van der Waals surface area contributed by atoms with E-state index in [4.69, 9.17) is 16.3 Å². The lowest BCUT2D eigenvalue weighted by Gasteiger charge is -2.08. The lowest BCUT2D eigenvalue weighted by molar-refractivity contribution is 0.483. The van der Waals surface area contributed by atoms with Gasteiger partial charge in [0.25, 0.3) is 0 Å². The fraction of sp³-hybridized carbons (Fsp3) is 0.0385. The van der Waals surface area contributed by atoms with Crippen LogP contribution >= 0.6 is 11.6 Å². The Morgan fingerprint density at radius 2 is 1.58 bits per heavy atom. The summed E-state index contributed by atoms with van der Waals surface area (Å²) in [7, 11) is 0. The van der Waals surface area contributed by atoms with Crippen LogP contribution in [0.4, 0.5) is 11.6 Å². The average Bonchev–Trinajstić information content (AvgIpc) is 3.23. The molecule has 5 rings (SSSR count). The normalized spacial score (nSPS) is 10.7. The number of para-hydroxylation sites is 1. The second-order valence-corrected chi connectivity index (χ2v) is 7.82. The molecule has 0 aliphatic carbocycles. The van der Waals surface area contributed by atoms with E-state index in [0.717, 1.165) is 39.8 Å². The smallest absolute Gasteiger partial charge is 0.227 e. The molecular formula is C26H20ClN5O. The summed E-state index contributed by atoms with van der Waals surface area (Å²) < 4.78 is 7.66. The second-order valence-electron chi connectivity index (χ2n) is 7.38. The van der Waals surface area contributed by atoms with E-state index in [1.165, 1.54) is 0 Å². The maximum atomic E-state index is 6.00. The van der Waals surface area contributed by atoms with E-state index in [-0.39, 0.29) is 0 Å². The van der Waals surface area contributed by atoms with Crippen LogP contribution in [-0.2, 0) is 0 Å².